The lowest BCUT2D eigenvalue weighted by atomic mass is 9.90. The van der Waals surface area contributed by atoms with Gasteiger partial charge >= 0.3 is 0 Å². The Balaban J connectivity index is 2.41. The Morgan fingerprint density at radius 3 is 2.81 bits per heavy atom. The van der Waals surface area contributed by atoms with Crippen LogP contribution in [0.1, 0.15) is 46.0 Å². The highest BCUT2D eigenvalue weighted by molar-refractivity contribution is 4.92. The molecule has 1 unspecified atom stereocenters. The van der Waals surface area contributed by atoms with Crippen LogP contribution in [0, 0.1) is 16.7 Å². The predicted octanol–water partition coefficient (Wildman–Crippen LogP) is 2.13. The topological polar surface area (TPSA) is 53.0 Å². The number of rotatable bonds is 5. The summed E-state index contributed by atoms with van der Waals surface area (Å²) in [4.78, 5) is 2.54. The summed E-state index contributed by atoms with van der Waals surface area (Å²) >= 11 is 0. The maximum Gasteiger partial charge on any atom is 0.0684 e. The van der Waals surface area contributed by atoms with Gasteiger partial charge < -0.3 is 10.6 Å². The van der Waals surface area contributed by atoms with Gasteiger partial charge in [-0.3, -0.25) is 0 Å². The number of nitrogens with zero attached hydrogens (tertiary/aromatic N) is 2. The number of likely N-dealkylation sites (tertiary alicyclic amines) is 1. The third kappa shape index (κ3) is 4.11. The van der Waals surface area contributed by atoms with Gasteiger partial charge in [-0.05, 0) is 59.2 Å². The van der Waals surface area contributed by atoms with Crippen LogP contribution in [-0.2, 0) is 0 Å². The van der Waals surface area contributed by atoms with Crippen LogP contribution in [0.2, 0.25) is 0 Å². The molecule has 0 radical (unpaired) electrons. The molecule has 0 amide bonds. The van der Waals surface area contributed by atoms with E-state index in [-0.39, 0.29) is 5.41 Å². The van der Waals surface area contributed by atoms with E-state index >= 15 is 0 Å². The van der Waals surface area contributed by atoms with Crippen molar-refractivity contribution < 1.29 is 0 Å². The van der Waals surface area contributed by atoms with Gasteiger partial charge in [0.1, 0.15) is 0 Å². The molecule has 1 heterocycles. The van der Waals surface area contributed by atoms with Crippen molar-refractivity contribution in [3.63, 3.8) is 0 Å². The Morgan fingerprint density at radius 1 is 1.44 bits per heavy atom. The highest BCUT2D eigenvalue weighted by Gasteiger charge is 2.24. The predicted molar refractivity (Wildman–Crippen MR) is 66.9 cm³/mol. The summed E-state index contributed by atoms with van der Waals surface area (Å²) in [5.74, 6) is 0. The van der Waals surface area contributed by atoms with Crippen LogP contribution in [0.5, 0.6) is 0 Å². The minimum absolute atomic E-state index is 0.190. The van der Waals surface area contributed by atoms with Gasteiger partial charge in [0.25, 0.3) is 0 Å². The SMILES string of the molecule is CC(C)(C#N)CCN1CCCCC1CCN. The number of nitrogens with two attached hydrogens (primary N) is 1. The lowest BCUT2D eigenvalue weighted by Crippen LogP contribution is -2.42. The van der Waals surface area contributed by atoms with E-state index in [1.807, 2.05) is 13.8 Å². The van der Waals surface area contributed by atoms with Crippen molar-refractivity contribution in [2.75, 3.05) is 19.6 Å². The van der Waals surface area contributed by atoms with Crippen LogP contribution in [-0.4, -0.2) is 30.6 Å². The molecule has 0 aromatic rings. The first kappa shape index (κ1) is 13.5. The maximum absolute atomic E-state index is 9.00. The average Bonchev–Trinajstić information content (AvgIpc) is 2.28. The normalized spacial score (nSPS) is 23.0. The Hall–Kier alpha value is -0.590. The molecular weight excluding hydrogens is 198 g/mol. The molecule has 92 valence electrons. The van der Waals surface area contributed by atoms with Gasteiger partial charge in [-0.2, -0.15) is 5.26 Å². The van der Waals surface area contributed by atoms with E-state index in [1.54, 1.807) is 0 Å². The molecule has 2 N–H and O–H groups in total. The van der Waals surface area contributed by atoms with E-state index in [0.29, 0.717) is 6.04 Å². The van der Waals surface area contributed by atoms with Gasteiger partial charge in [0, 0.05) is 6.04 Å². The van der Waals surface area contributed by atoms with Crippen molar-refractivity contribution in [1.29, 1.82) is 5.26 Å². The second-order valence-electron chi connectivity index (χ2n) is 5.51. The van der Waals surface area contributed by atoms with Gasteiger partial charge in [-0.1, -0.05) is 6.42 Å². The lowest BCUT2D eigenvalue weighted by Gasteiger charge is -2.36. The van der Waals surface area contributed by atoms with Crippen LogP contribution in [0.3, 0.4) is 0 Å². The summed E-state index contributed by atoms with van der Waals surface area (Å²) < 4.78 is 0. The number of hydrogen-bond donors (Lipinski definition) is 1. The first-order chi connectivity index (χ1) is 7.59. The molecule has 0 aliphatic carbocycles. The molecule has 0 spiro atoms. The molecule has 0 saturated carbocycles. The fourth-order valence-electron chi connectivity index (χ4n) is 2.35. The van der Waals surface area contributed by atoms with Crippen LogP contribution >= 0.6 is 0 Å². The molecule has 1 rings (SSSR count). The maximum atomic E-state index is 9.00. The van der Waals surface area contributed by atoms with Crippen molar-refractivity contribution in [3.8, 4) is 6.07 Å². The molecule has 1 atom stereocenters. The quantitative estimate of drug-likeness (QED) is 0.777. The van der Waals surface area contributed by atoms with Crippen molar-refractivity contribution in [2.24, 2.45) is 11.1 Å². The zero-order valence-electron chi connectivity index (χ0n) is 10.7. The van der Waals surface area contributed by atoms with Gasteiger partial charge in [-0.15, -0.1) is 0 Å². The Bertz CT molecular complexity index is 240. The standard InChI is InChI=1S/C13H25N3/c1-13(2,11-15)7-10-16-9-4-3-5-12(16)6-8-14/h12H,3-10,14H2,1-2H3. The smallest absolute Gasteiger partial charge is 0.0684 e. The highest BCUT2D eigenvalue weighted by atomic mass is 15.2. The van der Waals surface area contributed by atoms with Crippen molar-refractivity contribution in [1.82, 2.24) is 4.90 Å². The van der Waals surface area contributed by atoms with E-state index in [2.05, 4.69) is 11.0 Å². The van der Waals surface area contributed by atoms with E-state index in [4.69, 9.17) is 11.0 Å². The van der Waals surface area contributed by atoms with Crippen LogP contribution in [0.15, 0.2) is 0 Å². The molecule has 16 heavy (non-hydrogen) atoms. The number of nitriles is 1. The lowest BCUT2D eigenvalue weighted by molar-refractivity contribution is 0.129. The zero-order valence-corrected chi connectivity index (χ0v) is 10.7. The Labute approximate surface area is 99.6 Å². The van der Waals surface area contributed by atoms with Gasteiger partial charge in [0.15, 0.2) is 0 Å². The van der Waals surface area contributed by atoms with Crippen LogP contribution < -0.4 is 5.73 Å². The summed E-state index contributed by atoms with van der Waals surface area (Å²) in [5, 5.41) is 9.00. The Morgan fingerprint density at radius 2 is 2.19 bits per heavy atom. The summed E-state index contributed by atoms with van der Waals surface area (Å²) in [6, 6.07) is 3.04. The summed E-state index contributed by atoms with van der Waals surface area (Å²) in [6.07, 6.45) is 5.98. The van der Waals surface area contributed by atoms with E-state index < -0.39 is 0 Å². The highest BCUT2D eigenvalue weighted by Crippen LogP contribution is 2.24. The van der Waals surface area contributed by atoms with Gasteiger partial charge in [0.05, 0.1) is 11.5 Å². The first-order valence-electron chi connectivity index (χ1n) is 6.44. The van der Waals surface area contributed by atoms with E-state index in [1.165, 1.54) is 25.8 Å². The first-order valence-corrected chi connectivity index (χ1v) is 6.44. The molecule has 3 nitrogen and oxygen atoms in total. The average molecular weight is 223 g/mol. The third-order valence-corrected chi connectivity index (χ3v) is 3.58. The largest absolute Gasteiger partial charge is 0.330 e. The van der Waals surface area contributed by atoms with Gasteiger partial charge in [-0.25, -0.2) is 0 Å². The molecule has 0 aromatic heterocycles. The molecule has 1 saturated heterocycles. The van der Waals surface area contributed by atoms with Crippen molar-refractivity contribution in [2.45, 2.75) is 52.0 Å². The van der Waals surface area contributed by atoms with E-state index in [9.17, 15) is 0 Å². The summed E-state index contributed by atoms with van der Waals surface area (Å²) in [6.45, 7) is 7.06. The molecule has 1 fully saturated rings. The summed E-state index contributed by atoms with van der Waals surface area (Å²) in [5.41, 5.74) is 5.46. The molecular formula is C13H25N3. The third-order valence-electron chi connectivity index (χ3n) is 3.58. The molecule has 0 bridgehead atoms. The number of piperidine rings is 1. The van der Waals surface area contributed by atoms with Gasteiger partial charge in [0.2, 0.25) is 0 Å². The van der Waals surface area contributed by atoms with E-state index in [0.717, 1.165) is 25.9 Å². The minimum Gasteiger partial charge on any atom is -0.330 e. The molecule has 3 heteroatoms. The molecule has 0 aromatic carbocycles. The van der Waals surface area contributed by atoms with Crippen LogP contribution in [0.25, 0.3) is 0 Å². The monoisotopic (exact) mass is 223 g/mol. The summed E-state index contributed by atoms with van der Waals surface area (Å²) in [7, 11) is 0. The van der Waals surface area contributed by atoms with Crippen molar-refractivity contribution in [3.05, 3.63) is 0 Å². The fourth-order valence-corrected chi connectivity index (χ4v) is 2.35. The van der Waals surface area contributed by atoms with Crippen molar-refractivity contribution >= 4 is 0 Å². The molecule has 1 aliphatic heterocycles. The fraction of sp³-hybridized carbons (Fsp3) is 0.923. The zero-order chi connectivity index (χ0) is 12.0. The second-order valence-corrected chi connectivity index (χ2v) is 5.51. The second kappa shape index (κ2) is 6.22. The minimum atomic E-state index is -0.190. The molecule has 1 aliphatic rings. The number of hydrogen-bond acceptors (Lipinski definition) is 3. The van der Waals surface area contributed by atoms with Crippen LogP contribution in [0.4, 0.5) is 0 Å². The Kier molecular flexibility index (Phi) is 5.24.